The topological polar surface area (TPSA) is 69.6 Å². The smallest absolute Gasteiger partial charge is 0.326 e. The van der Waals surface area contributed by atoms with Crippen molar-refractivity contribution in [3.63, 3.8) is 0 Å². The Morgan fingerprint density at radius 3 is 2.69 bits per heavy atom. The third-order valence-corrected chi connectivity index (χ3v) is 2.60. The van der Waals surface area contributed by atoms with Crippen LogP contribution in [0.4, 0.5) is 4.79 Å². The Balaban J connectivity index is 4.22. The van der Waals surface area contributed by atoms with Crippen molar-refractivity contribution in [2.75, 3.05) is 25.6 Å². The lowest BCUT2D eigenvalue weighted by Crippen LogP contribution is -2.46. The summed E-state index contributed by atoms with van der Waals surface area (Å²) in [5.74, 6) is -0.308. The molecule has 0 aliphatic rings. The summed E-state index contributed by atoms with van der Waals surface area (Å²) in [6.07, 6.45) is 3.89. The van der Waals surface area contributed by atoms with Gasteiger partial charge in [-0.3, -0.25) is 0 Å². The zero-order chi connectivity index (χ0) is 12.6. The lowest BCUT2D eigenvalue weighted by Gasteiger charge is -2.19. The SMILES string of the molecule is C=CCN(C)C(=O)N[C@H](CCSC)C(=O)O. The van der Waals surface area contributed by atoms with E-state index in [-0.39, 0.29) is 0 Å². The quantitative estimate of drug-likeness (QED) is 0.658. The monoisotopic (exact) mass is 246 g/mol. The summed E-state index contributed by atoms with van der Waals surface area (Å²) < 4.78 is 0. The van der Waals surface area contributed by atoms with Crippen molar-refractivity contribution in [1.29, 1.82) is 0 Å². The lowest BCUT2D eigenvalue weighted by atomic mass is 10.2. The van der Waals surface area contributed by atoms with E-state index >= 15 is 0 Å². The Kier molecular flexibility index (Phi) is 7.45. The van der Waals surface area contributed by atoms with E-state index in [1.807, 2.05) is 6.26 Å². The first-order valence-corrected chi connectivity index (χ1v) is 6.26. The number of carboxylic acid groups (broad SMARTS) is 1. The van der Waals surface area contributed by atoms with Crippen LogP contribution in [0.3, 0.4) is 0 Å². The largest absolute Gasteiger partial charge is 0.480 e. The molecule has 0 aromatic heterocycles. The highest BCUT2D eigenvalue weighted by atomic mass is 32.2. The van der Waals surface area contributed by atoms with E-state index in [0.717, 1.165) is 0 Å². The number of carbonyl (C=O) groups is 2. The number of likely N-dealkylation sites (N-methyl/N-ethyl adjacent to an activating group) is 1. The minimum atomic E-state index is -1.01. The Labute approximate surface area is 99.9 Å². The third kappa shape index (κ3) is 5.65. The molecule has 0 aliphatic carbocycles. The number of aliphatic carboxylic acids is 1. The number of hydrogen-bond donors (Lipinski definition) is 2. The zero-order valence-electron chi connectivity index (χ0n) is 9.60. The molecule has 0 unspecified atom stereocenters. The molecule has 0 saturated carbocycles. The number of nitrogens with zero attached hydrogens (tertiary/aromatic N) is 1. The maximum absolute atomic E-state index is 11.5. The summed E-state index contributed by atoms with van der Waals surface area (Å²) in [5.41, 5.74) is 0. The van der Waals surface area contributed by atoms with Gasteiger partial charge in [-0.15, -0.1) is 6.58 Å². The van der Waals surface area contributed by atoms with E-state index in [1.54, 1.807) is 24.9 Å². The minimum Gasteiger partial charge on any atom is -0.480 e. The summed E-state index contributed by atoms with van der Waals surface area (Å²) in [4.78, 5) is 23.7. The van der Waals surface area contributed by atoms with Crippen molar-refractivity contribution in [3.05, 3.63) is 12.7 Å². The number of amides is 2. The predicted octanol–water partition coefficient (Wildman–Crippen LogP) is 1.02. The Morgan fingerprint density at radius 1 is 1.62 bits per heavy atom. The minimum absolute atomic E-state index is 0.390. The van der Waals surface area contributed by atoms with Crippen molar-refractivity contribution < 1.29 is 14.7 Å². The zero-order valence-corrected chi connectivity index (χ0v) is 10.4. The first-order valence-electron chi connectivity index (χ1n) is 4.87. The summed E-state index contributed by atoms with van der Waals surface area (Å²) in [5, 5.41) is 11.4. The van der Waals surface area contributed by atoms with E-state index in [2.05, 4.69) is 11.9 Å². The number of thioether (sulfide) groups is 1. The van der Waals surface area contributed by atoms with Gasteiger partial charge in [-0.2, -0.15) is 11.8 Å². The van der Waals surface area contributed by atoms with Gasteiger partial charge in [0.15, 0.2) is 0 Å². The van der Waals surface area contributed by atoms with Crippen molar-refractivity contribution in [2.45, 2.75) is 12.5 Å². The maximum Gasteiger partial charge on any atom is 0.326 e. The second-order valence-electron chi connectivity index (χ2n) is 3.29. The first kappa shape index (κ1) is 14.8. The molecule has 0 aliphatic heterocycles. The van der Waals surface area contributed by atoms with Crippen LogP contribution in [0.2, 0.25) is 0 Å². The fraction of sp³-hybridized carbons (Fsp3) is 0.600. The van der Waals surface area contributed by atoms with Gasteiger partial charge in [0.2, 0.25) is 0 Å². The van der Waals surface area contributed by atoms with Gasteiger partial charge in [0, 0.05) is 13.6 Å². The van der Waals surface area contributed by atoms with E-state index < -0.39 is 18.0 Å². The molecule has 1 atom stereocenters. The van der Waals surface area contributed by atoms with Crippen molar-refractivity contribution in [3.8, 4) is 0 Å². The average Bonchev–Trinajstić information content (AvgIpc) is 2.23. The van der Waals surface area contributed by atoms with Crippen LogP contribution in [0.1, 0.15) is 6.42 Å². The van der Waals surface area contributed by atoms with Crippen LogP contribution in [0, 0.1) is 0 Å². The normalized spacial score (nSPS) is 11.6. The van der Waals surface area contributed by atoms with Gasteiger partial charge in [-0.1, -0.05) is 6.08 Å². The van der Waals surface area contributed by atoms with Gasteiger partial charge in [0.1, 0.15) is 6.04 Å². The maximum atomic E-state index is 11.5. The second-order valence-corrected chi connectivity index (χ2v) is 4.28. The second kappa shape index (κ2) is 8.04. The van der Waals surface area contributed by atoms with E-state index in [1.165, 1.54) is 4.90 Å². The molecule has 0 heterocycles. The summed E-state index contributed by atoms with van der Waals surface area (Å²) in [7, 11) is 1.59. The van der Waals surface area contributed by atoms with Crippen LogP contribution < -0.4 is 5.32 Å². The molecule has 6 heteroatoms. The molecule has 0 aromatic carbocycles. The number of urea groups is 1. The molecule has 0 radical (unpaired) electrons. The Bertz CT molecular complexity index is 258. The van der Waals surface area contributed by atoms with E-state index in [9.17, 15) is 9.59 Å². The highest BCUT2D eigenvalue weighted by molar-refractivity contribution is 7.98. The third-order valence-electron chi connectivity index (χ3n) is 1.96. The number of carboxylic acids is 1. The van der Waals surface area contributed by atoms with Gasteiger partial charge in [0.05, 0.1) is 0 Å². The van der Waals surface area contributed by atoms with Crippen molar-refractivity contribution in [1.82, 2.24) is 10.2 Å². The van der Waals surface area contributed by atoms with Crippen LogP contribution in [0.25, 0.3) is 0 Å². The van der Waals surface area contributed by atoms with Crippen molar-refractivity contribution >= 4 is 23.8 Å². The molecule has 0 spiro atoms. The lowest BCUT2D eigenvalue weighted by molar-refractivity contribution is -0.139. The fourth-order valence-corrected chi connectivity index (χ4v) is 1.50. The average molecular weight is 246 g/mol. The van der Waals surface area contributed by atoms with Crippen LogP contribution in [-0.2, 0) is 4.79 Å². The summed E-state index contributed by atoms with van der Waals surface area (Å²) in [6, 6.07) is -1.22. The van der Waals surface area contributed by atoms with Crippen LogP contribution in [0.5, 0.6) is 0 Å². The molecule has 0 rings (SSSR count). The van der Waals surface area contributed by atoms with E-state index in [0.29, 0.717) is 18.7 Å². The van der Waals surface area contributed by atoms with Crippen LogP contribution >= 0.6 is 11.8 Å². The molecule has 0 bridgehead atoms. The molecule has 0 saturated heterocycles. The summed E-state index contributed by atoms with van der Waals surface area (Å²) in [6.45, 7) is 3.90. The highest BCUT2D eigenvalue weighted by Crippen LogP contribution is 2.01. The number of rotatable bonds is 7. The molecule has 92 valence electrons. The van der Waals surface area contributed by atoms with Gasteiger partial charge < -0.3 is 15.3 Å². The standard InChI is InChI=1S/C10H18N2O3S/c1-4-6-12(2)10(15)11-8(9(13)14)5-7-16-3/h4,8H,1,5-7H2,2-3H3,(H,11,15)(H,13,14)/t8-/m1/s1. The molecule has 0 fully saturated rings. The molecule has 5 nitrogen and oxygen atoms in total. The number of hydrogen-bond acceptors (Lipinski definition) is 3. The fourth-order valence-electron chi connectivity index (χ4n) is 1.03. The van der Waals surface area contributed by atoms with Crippen molar-refractivity contribution in [2.24, 2.45) is 0 Å². The highest BCUT2D eigenvalue weighted by Gasteiger charge is 2.20. The molecule has 0 aromatic rings. The molecular formula is C10H18N2O3S. The van der Waals surface area contributed by atoms with Gasteiger partial charge in [-0.25, -0.2) is 9.59 Å². The number of carbonyl (C=O) groups excluding carboxylic acids is 1. The van der Waals surface area contributed by atoms with E-state index in [4.69, 9.17) is 5.11 Å². The molecule has 16 heavy (non-hydrogen) atoms. The van der Waals surface area contributed by atoms with Gasteiger partial charge in [0.25, 0.3) is 0 Å². The number of nitrogens with one attached hydrogen (secondary N) is 1. The summed E-state index contributed by atoms with van der Waals surface area (Å²) >= 11 is 1.55. The Morgan fingerprint density at radius 2 is 2.25 bits per heavy atom. The molecule has 2 amide bonds. The molecule has 2 N–H and O–H groups in total. The molecular weight excluding hydrogens is 228 g/mol. The van der Waals surface area contributed by atoms with Gasteiger partial charge in [-0.05, 0) is 18.4 Å². The predicted molar refractivity (Wildman–Crippen MR) is 65.8 cm³/mol. The van der Waals surface area contributed by atoms with Crippen LogP contribution in [-0.4, -0.2) is 53.6 Å². The Hall–Kier alpha value is -1.17. The van der Waals surface area contributed by atoms with Gasteiger partial charge >= 0.3 is 12.0 Å². The first-order chi connectivity index (χ1) is 7.52. The van der Waals surface area contributed by atoms with Crippen LogP contribution in [0.15, 0.2) is 12.7 Å².